The molecule has 1 atom stereocenters. The standard InChI is InChI=1S/C19H27N5O/c1-19(2,3)24-17(11-16(22-24)13-6-7-13)18(25)23-10-4-5-14(12-23)15-8-9-20-21-15/h8-9,11,13-14H,4-7,10,12H2,1-3H3,(H,20,21)/t14-/m0/s1. The summed E-state index contributed by atoms with van der Waals surface area (Å²) in [4.78, 5) is 15.3. The van der Waals surface area contributed by atoms with Crippen molar-refractivity contribution in [3.8, 4) is 0 Å². The molecule has 6 heteroatoms. The molecule has 2 aliphatic rings. The minimum atomic E-state index is -0.198. The molecule has 1 aliphatic heterocycles. The minimum Gasteiger partial charge on any atom is -0.337 e. The third kappa shape index (κ3) is 3.22. The maximum absolute atomic E-state index is 13.3. The number of carbonyl (C=O) groups is 1. The molecule has 3 heterocycles. The quantitative estimate of drug-likeness (QED) is 0.932. The maximum atomic E-state index is 13.3. The number of piperidine rings is 1. The van der Waals surface area contributed by atoms with Gasteiger partial charge in [0.05, 0.1) is 11.2 Å². The molecular weight excluding hydrogens is 314 g/mol. The van der Waals surface area contributed by atoms with Crippen molar-refractivity contribution in [3.05, 3.63) is 35.4 Å². The van der Waals surface area contributed by atoms with Crippen LogP contribution in [0.25, 0.3) is 0 Å². The number of amides is 1. The van der Waals surface area contributed by atoms with Gasteiger partial charge in [0.1, 0.15) is 5.69 Å². The number of rotatable bonds is 3. The summed E-state index contributed by atoms with van der Waals surface area (Å²) in [7, 11) is 0. The molecule has 134 valence electrons. The molecule has 1 saturated heterocycles. The van der Waals surface area contributed by atoms with Crippen molar-refractivity contribution < 1.29 is 4.79 Å². The van der Waals surface area contributed by atoms with Crippen molar-refractivity contribution in [1.82, 2.24) is 24.9 Å². The van der Waals surface area contributed by atoms with Crippen molar-refractivity contribution in [2.75, 3.05) is 13.1 Å². The Bertz CT molecular complexity index is 751. The average Bonchev–Trinajstić information content (AvgIpc) is 3.12. The Morgan fingerprint density at radius 2 is 2.04 bits per heavy atom. The second-order valence-electron chi connectivity index (χ2n) is 8.41. The summed E-state index contributed by atoms with van der Waals surface area (Å²) in [5.74, 6) is 1.00. The molecule has 2 fully saturated rings. The number of hydrogen-bond donors (Lipinski definition) is 1. The maximum Gasteiger partial charge on any atom is 0.272 e. The SMILES string of the molecule is CC(C)(C)n1nc(C2CC2)cc1C(=O)N1CCC[C@H](c2ccn[nH]2)C1. The fourth-order valence-electron chi connectivity index (χ4n) is 3.71. The molecule has 6 nitrogen and oxygen atoms in total. The van der Waals surface area contributed by atoms with Gasteiger partial charge in [0.2, 0.25) is 0 Å². The molecule has 0 radical (unpaired) electrons. The zero-order chi connectivity index (χ0) is 17.6. The fourth-order valence-corrected chi connectivity index (χ4v) is 3.71. The largest absolute Gasteiger partial charge is 0.337 e. The molecule has 25 heavy (non-hydrogen) atoms. The Balaban J connectivity index is 1.59. The van der Waals surface area contributed by atoms with Gasteiger partial charge >= 0.3 is 0 Å². The Kier molecular flexibility index (Phi) is 3.93. The van der Waals surface area contributed by atoms with Crippen LogP contribution in [-0.2, 0) is 5.54 Å². The van der Waals surface area contributed by atoms with E-state index in [-0.39, 0.29) is 11.4 Å². The summed E-state index contributed by atoms with van der Waals surface area (Å²) in [6.45, 7) is 7.89. The highest BCUT2D eigenvalue weighted by molar-refractivity contribution is 5.93. The molecule has 0 unspecified atom stereocenters. The lowest BCUT2D eigenvalue weighted by Gasteiger charge is -2.33. The summed E-state index contributed by atoms with van der Waals surface area (Å²) in [6.07, 6.45) is 6.29. The van der Waals surface area contributed by atoms with E-state index in [0.717, 1.165) is 43.0 Å². The smallest absolute Gasteiger partial charge is 0.272 e. The Morgan fingerprint density at radius 3 is 2.68 bits per heavy atom. The van der Waals surface area contributed by atoms with Gasteiger partial charge in [-0.05, 0) is 58.6 Å². The van der Waals surface area contributed by atoms with Crippen molar-refractivity contribution in [2.45, 2.75) is 63.8 Å². The highest BCUT2D eigenvalue weighted by Gasteiger charge is 2.34. The minimum absolute atomic E-state index is 0.110. The second-order valence-corrected chi connectivity index (χ2v) is 8.41. The Morgan fingerprint density at radius 1 is 1.24 bits per heavy atom. The monoisotopic (exact) mass is 341 g/mol. The number of H-pyrrole nitrogens is 1. The normalized spacial score (nSPS) is 21.6. The Hall–Kier alpha value is -2.11. The zero-order valence-corrected chi connectivity index (χ0v) is 15.3. The number of aromatic nitrogens is 4. The molecule has 2 aromatic rings. The van der Waals surface area contributed by atoms with E-state index in [1.807, 2.05) is 21.7 Å². The van der Waals surface area contributed by atoms with Crippen molar-refractivity contribution in [1.29, 1.82) is 0 Å². The topological polar surface area (TPSA) is 66.8 Å². The van der Waals surface area contributed by atoms with Crippen LogP contribution >= 0.6 is 0 Å². The lowest BCUT2D eigenvalue weighted by atomic mass is 9.94. The van der Waals surface area contributed by atoms with Gasteiger partial charge in [0.15, 0.2) is 0 Å². The van der Waals surface area contributed by atoms with E-state index in [9.17, 15) is 4.79 Å². The van der Waals surface area contributed by atoms with E-state index in [1.54, 1.807) is 6.20 Å². The van der Waals surface area contributed by atoms with E-state index in [1.165, 1.54) is 12.8 Å². The lowest BCUT2D eigenvalue weighted by molar-refractivity contribution is 0.0685. The van der Waals surface area contributed by atoms with Crippen LogP contribution in [0.1, 0.15) is 80.2 Å². The second kappa shape index (κ2) is 6.00. The molecule has 4 rings (SSSR count). The highest BCUT2D eigenvalue weighted by Crippen LogP contribution is 2.40. The first-order valence-electron chi connectivity index (χ1n) is 9.32. The van der Waals surface area contributed by atoms with Gasteiger partial charge < -0.3 is 4.90 Å². The van der Waals surface area contributed by atoms with Crippen molar-refractivity contribution in [3.63, 3.8) is 0 Å². The van der Waals surface area contributed by atoms with Gasteiger partial charge in [-0.3, -0.25) is 14.6 Å². The summed E-state index contributed by atoms with van der Waals surface area (Å²) < 4.78 is 1.93. The predicted octanol–water partition coefficient (Wildman–Crippen LogP) is 3.26. The molecular formula is C19H27N5O. The van der Waals surface area contributed by atoms with E-state index in [0.29, 0.717) is 11.8 Å². The average molecular weight is 341 g/mol. The van der Waals surface area contributed by atoms with Gasteiger partial charge in [0, 0.05) is 36.8 Å². The van der Waals surface area contributed by atoms with E-state index >= 15 is 0 Å². The molecule has 1 aliphatic carbocycles. The first-order valence-corrected chi connectivity index (χ1v) is 9.32. The molecule has 1 N–H and O–H groups in total. The summed E-state index contributed by atoms with van der Waals surface area (Å²) >= 11 is 0. The highest BCUT2D eigenvalue weighted by atomic mass is 16.2. The van der Waals surface area contributed by atoms with E-state index in [2.05, 4.69) is 31.0 Å². The molecule has 0 spiro atoms. The fraction of sp³-hybridized carbons (Fsp3) is 0.632. The predicted molar refractivity (Wildman–Crippen MR) is 95.7 cm³/mol. The Labute approximate surface area is 148 Å². The summed E-state index contributed by atoms with van der Waals surface area (Å²) in [6, 6.07) is 4.05. The first-order chi connectivity index (χ1) is 11.9. The number of nitrogens with one attached hydrogen (secondary N) is 1. The number of likely N-dealkylation sites (tertiary alicyclic amines) is 1. The van der Waals surface area contributed by atoms with Crippen LogP contribution in [0.4, 0.5) is 0 Å². The lowest BCUT2D eigenvalue weighted by Crippen LogP contribution is -2.41. The van der Waals surface area contributed by atoms with Crippen LogP contribution in [0.5, 0.6) is 0 Å². The third-order valence-electron chi connectivity index (χ3n) is 5.25. The zero-order valence-electron chi connectivity index (χ0n) is 15.3. The van der Waals surface area contributed by atoms with E-state index in [4.69, 9.17) is 5.10 Å². The number of carbonyl (C=O) groups excluding carboxylic acids is 1. The molecule has 2 aromatic heterocycles. The van der Waals surface area contributed by atoms with Crippen molar-refractivity contribution >= 4 is 5.91 Å². The summed E-state index contributed by atoms with van der Waals surface area (Å²) in [5, 5.41) is 11.9. The van der Waals surface area contributed by atoms with Gasteiger partial charge in [-0.15, -0.1) is 0 Å². The molecule has 1 amide bonds. The third-order valence-corrected chi connectivity index (χ3v) is 5.25. The number of nitrogens with zero attached hydrogens (tertiary/aromatic N) is 4. The van der Waals surface area contributed by atoms with Crippen LogP contribution in [0, 0.1) is 0 Å². The molecule has 0 aromatic carbocycles. The van der Waals surface area contributed by atoms with Gasteiger partial charge in [-0.2, -0.15) is 10.2 Å². The number of aromatic amines is 1. The van der Waals surface area contributed by atoms with Crippen LogP contribution in [0.3, 0.4) is 0 Å². The van der Waals surface area contributed by atoms with Gasteiger partial charge in [0.25, 0.3) is 5.91 Å². The van der Waals surface area contributed by atoms with Crippen LogP contribution < -0.4 is 0 Å². The van der Waals surface area contributed by atoms with Crippen LogP contribution in [0.2, 0.25) is 0 Å². The first kappa shape index (κ1) is 16.4. The van der Waals surface area contributed by atoms with Crippen molar-refractivity contribution in [2.24, 2.45) is 0 Å². The molecule has 0 bridgehead atoms. The van der Waals surface area contributed by atoms with Gasteiger partial charge in [-0.1, -0.05) is 0 Å². The van der Waals surface area contributed by atoms with Gasteiger partial charge in [-0.25, -0.2) is 0 Å². The van der Waals surface area contributed by atoms with Crippen LogP contribution in [0.15, 0.2) is 18.3 Å². The number of hydrogen-bond acceptors (Lipinski definition) is 3. The molecule has 1 saturated carbocycles. The van der Waals surface area contributed by atoms with Crippen LogP contribution in [-0.4, -0.2) is 43.9 Å². The summed E-state index contributed by atoms with van der Waals surface area (Å²) in [5.41, 5.74) is 2.75. The van der Waals surface area contributed by atoms with E-state index < -0.39 is 0 Å².